The van der Waals surface area contributed by atoms with Crippen molar-refractivity contribution in [1.82, 2.24) is 9.97 Å². The molecule has 1 aromatic carbocycles. The van der Waals surface area contributed by atoms with Crippen molar-refractivity contribution < 1.29 is 14.3 Å². The van der Waals surface area contributed by atoms with Gasteiger partial charge in [0.15, 0.2) is 0 Å². The first kappa shape index (κ1) is 14.9. The third-order valence-corrected chi connectivity index (χ3v) is 2.80. The summed E-state index contributed by atoms with van der Waals surface area (Å²) in [6.07, 6.45) is 0. The molecule has 2 rings (SSSR count). The summed E-state index contributed by atoms with van der Waals surface area (Å²) in [5.74, 6) is 0.372. The molecule has 0 atom stereocenters. The summed E-state index contributed by atoms with van der Waals surface area (Å²) in [5, 5.41) is 2.66. The third kappa shape index (κ3) is 3.51. The summed E-state index contributed by atoms with van der Waals surface area (Å²) >= 11 is 5.81. The van der Waals surface area contributed by atoms with E-state index in [2.05, 4.69) is 15.3 Å². The zero-order valence-electron chi connectivity index (χ0n) is 11.4. The van der Waals surface area contributed by atoms with Gasteiger partial charge in [-0.15, -0.1) is 0 Å². The molecular weight excluding hydrogens is 296 g/mol. The van der Waals surface area contributed by atoms with Gasteiger partial charge in [0.05, 0.1) is 19.8 Å². The van der Waals surface area contributed by atoms with Gasteiger partial charge in [0.25, 0.3) is 5.91 Å². The second kappa shape index (κ2) is 6.27. The van der Waals surface area contributed by atoms with Gasteiger partial charge in [-0.05, 0) is 12.1 Å². The number of rotatable bonds is 4. The largest absolute Gasteiger partial charge is 0.497 e. The molecule has 0 aliphatic rings. The maximum absolute atomic E-state index is 12.1. The molecule has 0 aliphatic heterocycles. The molecule has 1 heterocycles. The monoisotopic (exact) mass is 308 g/mol. The number of carbonyl (C=O) groups is 1. The van der Waals surface area contributed by atoms with E-state index in [-0.39, 0.29) is 28.2 Å². The predicted octanol–water partition coefficient (Wildman–Crippen LogP) is 1.98. The Bertz CT molecular complexity index is 678. The highest BCUT2D eigenvalue weighted by Gasteiger charge is 2.13. The number of nitrogens with zero attached hydrogens (tertiary/aromatic N) is 2. The van der Waals surface area contributed by atoms with E-state index in [1.165, 1.54) is 20.3 Å². The van der Waals surface area contributed by atoms with Crippen molar-refractivity contribution in [2.24, 2.45) is 0 Å². The van der Waals surface area contributed by atoms with Crippen molar-refractivity contribution in [3.63, 3.8) is 0 Å². The van der Waals surface area contributed by atoms with Crippen LogP contribution in [-0.2, 0) is 0 Å². The minimum absolute atomic E-state index is 0.0274. The van der Waals surface area contributed by atoms with E-state index in [9.17, 15) is 4.79 Å². The number of hydrogen-bond donors (Lipinski definition) is 2. The van der Waals surface area contributed by atoms with Gasteiger partial charge in [-0.2, -0.15) is 4.98 Å². The Balaban J connectivity index is 2.23. The van der Waals surface area contributed by atoms with Gasteiger partial charge in [0.1, 0.15) is 10.9 Å². The quantitative estimate of drug-likeness (QED) is 0.662. The van der Waals surface area contributed by atoms with E-state index in [1.807, 2.05) is 0 Å². The molecule has 0 radical (unpaired) electrons. The molecule has 110 valence electrons. The Hall–Kier alpha value is -2.54. The molecule has 0 unspecified atom stereocenters. The van der Waals surface area contributed by atoms with Crippen molar-refractivity contribution in [2.45, 2.75) is 0 Å². The lowest BCUT2D eigenvalue weighted by Crippen LogP contribution is -2.16. The molecule has 0 spiro atoms. The topological polar surface area (TPSA) is 99.4 Å². The number of hydrogen-bond acceptors (Lipinski definition) is 6. The second-order valence-electron chi connectivity index (χ2n) is 3.96. The molecule has 0 bridgehead atoms. The number of nitrogens with one attached hydrogen (secondary N) is 1. The highest BCUT2D eigenvalue weighted by Crippen LogP contribution is 2.21. The number of carbonyl (C=O) groups excluding carboxylic acids is 1. The Labute approximate surface area is 126 Å². The summed E-state index contributed by atoms with van der Waals surface area (Å²) < 4.78 is 9.97. The van der Waals surface area contributed by atoms with Crippen molar-refractivity contribution in [3.8, 4) is 11.6 Å². The first-order valence-electron chi connectivity index (χ1n) is 5.87. The summed E-state index contributed by atoms with van der Waals surface area (Å²) in [5.41, 5.74) is 6.36. The number of aromatic nitrogens is 2. The average Bonchev–Trinajstić information content (AvgIpc) is 2.46. The zero-order valence-corrected chi connectivity index (χ0v) is 12.1. The first-order chi connectivity index (χ1) is 10.0. The van der Waals surface area contributed by atoms with E-state index in [1.54, 1.807) is 18.2 Å². The number of nitrogen functional groups attached to an aromatic ring is 1. The van der Waals surface area contributed by atoms with E-state index < -0.39 is 5.91 Å². The number of nitrogens with two attached hydrogens (primary N) is 1. The molecule has 0 saturated carbocycles. The van der Waals surface area contributed by atoms with Gasteiger partial charge in [-0.25, -0.2) is 4.98 Å². The number of benzene rings is 1. The lowest BCUT2D eigenvalue weighted by molar-refractivity contribution is 0.102. The van der Waals surface area contributed by atoms with E-state index in [0.717, 1.165) is 0 Å². The Morgan fingerprint density at radius 3 is 2.62 bits per heavy atom. The fraction of sp³-hybridized carbons (Fsp3) is 0.154. The number of amides is 1. The summed E-state index contributed by atoms with van der Waals surface area (Å²) in [7, 11) is 2.95. The van der Waals surface area contributed by atoms with Crippen molar-refractivity contribution in [2.75, 3.05) is 25.3 Å². The molecule has 1 amide bonds. The summed E-state index contributed by atoms with van der Waals surface area (Å²) in [6, 6.07) is 6.16. The van der Waals surface area contributed by atoms with Gasteiger partial charge >= 0.3 is 0 Å². The van der Waals surface area contributed by atoms with Crippen molar-refractivity contribution >= 4 is 29.1 Å². The van der Waals surface area contributed by atoms with Crippen LogP contribution in [0, 0.1) is 0 Å². The summed E-state index contributed by atoms with van der Waals surface area (Å²) in [4.78, 5) is 20.0. The highest BCUT2D eigenvalue weighted by atomic mass is 35.5. The van der Waals surface area contributed by atoms with Crippen LogP contribution in [0.2, 0.25) is 5.15 Å². The van der Waals surface area contributed by atoms with Gasteiger partial charge in [0, 0.05) is 17.8 Å². The molecule has 0 fully saturated rings. The standard InChI is InChI=1S/C13H13ClN4O3/c1-20-7-3-4-8(9(15)5-7)12(19)18-13-16-10(14)6-11(17-13)21-2/h3-6H,15H2,1-2H3,(H,16,17,18,19). The molecule has 3 N–H and O–H groups in total. The number of anilines is 2. The van der Waals surface area contributed by atoms with Gasteiger partial charge in [-0.1, -0.05) is 11.6 Å². The number of methoxy groups -OCH3 is 2. The number of ether oxygens (including phenoxy) is 2. The SMILES string of the molecule is COc1ccc(C(=O)Nc2nc(Cl)cc(OC)n2)c(N)c1. The van der Waals surface area contributed by atoms with Crippen LogP contribution < -0.4 is 20.5 Å². The van der Waals surface area contributed by atoms with Crippen LogP contribution in [0.15, 0.2) is 24.3 Å². The Morgan fingerprint density at radius 1 is 1.24 bits per heavy atom. The molecule has 21 heavy (non-hydrogen) atoms. The second-order valence-corrected chi connectivity index (χ2v) is 4.35. The predicted molar refractivity (Wildman–Crippen MR) is 79.0 cm³/mol. The average molecular weight is 309 g/mol. The fourth-order valence-corrected chi connectivity index (χ4v) is 1.77. The van der Waals surface area contributed by atoms with E-state index in [4.69, 9.17) is 26.8 Å². The highest BCUT2D eigenvalue weighted by molar-refractivity contribution is 6.29. The summed E-state index contributed by atoms with van der Waals surface area (Å²) in [6.45, 7) is 0. The molecule has 1 aromatic heterocycles. The van der Waals surface area contributed by atoms with Crippen LogP contribution in [-0.4, -0.2) is 30.1 Å². The lowest BCUT2D eigenvalue weighted by Gasteiger charge is -2.09. The van der Waals surface area contributed by atoms with Crippen LogP contribution in [0.5, 0.6) is 11.6 Å². The van der Waals surface area contributed by atoms with Crippen LogP contribution in [0.4, 0.5) is 11.6 Å². The molecule has 8 heteroatoms. The van der Waals surface area contributed by atoms with Crippen LogP contribution in [0.25, 0.3) is 0 Å². The number of halogens is 1. The van der Waals surface area contributed by atoms with Crippen molar-refractivity contribution in [1.29, 1.82) is 0 Å². The van der Waals surface area contributed by atoms with E-state index >= 15 is 0 Å². The molecular formula is C13H13ClN4O3. The smallest absolute Gasteiger partial charge is 0.260 e. The minimum Gasteiger partial charge on any atom is -0.497 e. The molecule has 7 nitrogen and oxygen atoms in total. The lowest BCUT2D eigenvalue weighted by atomic mass is 10.1. The van der Waals surface area contributed by atoms with Crippen LogP contribution in [0.1, 0.15) is 10.4 Å². The molecule has 0 saturated heterocycles. The van der Waals surface area contributed by atoms with Gasteiger partial charge < -0.3 is 15.2 Å². The minimum atomic E-state index is -0.459. The van der Waals surface area contributed by atoms with Crippen LogP contribution >= 0.6 is 11.6 Å². The van der Waals surface area contributed by atoms with Crippen molar-refractivity contribution in [3.05, 3.63) is 35.0 Å². The third-order valence-electron chi connectivity index (χ3n) is 2.61. The molecule has 2 aromatic rings. The Morgan fingerprint density at radius 2 is 2.00 bits per heavy atom. The fourth-order valence-electron chi connectivity index (χ4n) is 1.60. The molecule has 0 aliphatic carbocycles. The normalized spacial score (nSPS) is 10.0. The van der Waals surface area contributed by atoms with Crippen LogP contribution in [0.3, 0.4) is 0 Å². The zero-order chi connectivity index (χ0) is 15.4. The van der Waals surface area contributed by atoms with Gasteiger partial charge in [-0.3, -0.25) is 10.1 Å². The maximum atomic E-state index is 12.1. The van der Waals surface area contributed by atoms with E-state index in [0.29, 0.717) is 5.75 Å². The Kier molecular flexibility index (Phi) is 4.44. The van der Waals surface area contributed by atoms with Gasteiger partial charge in [0.2, 0.25) is 11.8 Å². The first-order valence-corrected chi connectivity index (χ1v) is 6.24. The maximum Gasteiger partial charge on any atom is 0.260 e.